The van der Waals surface area contributed by atoms with Crippen molar-refractivity contribution in [3.8, 4) is 23.0 Å². The van der Waals surface area contributed by atoms with Gasteiger partial charge in [-0.3, -0.25) is 0 Å². The van der Waals surface area contributed by atoms with Crippen molar-refractivity contribution in [1.29, 1.82) is 0 Å². The van der Waals surface area contributed by atoms with Crippen LogP contribution in [-0.4, -0.2) is 0 Å². The number of halogens is 1. The lowest BCUT2D eigenvalue weighted by Crippen LogP contribution is -2.11. The Hall–Kier alpha value is -4.07. The molecule has 0 fully saturated rings. The van der Waals surface area contributed by atoms with Crippen LogP contribution in [0.5, 0.6) is 23.0 Å². The molecule has 7 aromatic rings. The summed E-state index contributed by atoms with van der Waals surface area (Å²) in [6.45, 7) is 0. The molecule has 0 saturated heterocycles. The topological polar surface area (TPSA) is 21.7 Å². The van der Waals surface area contributed by atoms with Crippen molar-refractivity contribution in [3.63, 3.8) is 0 Å². The summed E-state index contributed by atoms with van der Waals surface area (Å²) in [4.78, 5) is 7.30. The van der Waals surface area contributed by atoms with E-state index in [-0.39, 0.29) is 0 Å². The van der Waals surface area contributed by atoms with E-state index in [1.165, 1.54) is 29.7 Å². The van der Waals surface area contributed by atoms with Gasteiger partial charge in [0.15, 0.2) is 23.0 Å². The Bertz CT molecular complexity index is 2150. The quantitative estimate of drug-likeness (QED) is 0.193. The van der Waals surface area contributed by atoms with Crippen LogP contribution >= 0.6 is 46.5 Å². The molecule has 206 valence electrons. The van der Waals surface area contributed by atoms with Gasteiger partial charge in [-0.05, 0) is 72.8 Å². The molecule has 0 radical (unpaired) electrons. The fourth-order valence-electron chi connectivity index (χ4n) is 5.66. The summed E-state index contributed by atoms with van der Waals surface area (Å²) in [5, 5.41) is 3.09. The Balaban J connectivity index is 1.22. The summed E-state index contributed by atoms with van der Waals surface area (Å²) < 4.78 is 14.8. The minimum absolute atomic E-state index is 0.672. The third-order valence-electron chi connectivity index (χ3n) is 7.62. The third kappa shape index (κ3) is 4.28. The van der Waals surface area contributed by atoms with Crippen LogP contribution in [0, 0.1) is 0 Å². The molecule has 43 heavy (non-hydrogen) atoms. The van der Waals surface area contributed by atoms with Gasteiger partial charge in [0.05, 0.1) is 15.4 Å². The van der Waals surface area contributed by atoms with Gasteiger partial charge >= 0.3 is 0 Å². The number of benzene rings is 6. The molecule has 0 spiro atoms. The van der Waals surface area contributed by atoms with Gasteiger partial charge < -0.3 is 14.4 Å². The van der Waals surface area contributed by atoms with E-state index in [4.69, 9.17) is 21.1 Å². The number of nitrogens with zero attached hydrogens (tertiary/aromatic N) is 1. The maximum atomic E-state index is 7.03. The van der Waals surface area contributed by atoms with E-state index >= 15 is 0 Å². The molecule has 0 aliphatic carbocycles. The minimum Gasteiger partial charge on any atom is -0.450 e. The lowest BCUT2D eigenvalue weighted by atomic mass is 10.1. The van der Waals surface area contributed by atoms with Crippen molar-refractivity contribution in [2.75, 3.05) is 4.90 Å². The van der Waals surface area contributed by atoms with Crippen molar-refractivity contribution >= 4 is 83.7 Å². The SMILES string of the molecule is Clc1cc(N(c2ccc3c(c2)Oc2ccccc2O3)c2ccc3c(c2)Sc2ccccc2S3)cc2c1sc1ccccc12. The van der Waals surface area contributed by atoms with Gasteiger partial charge in [0, 0.05) is 52.5 Å². The van der Waals surface area contributed by atoms with Gasteiger partial charge in [-0.25, -0.2) is 0 Å². The molecule has 7 heteroatoms. The first-order valence-corrected chi connectivity index (χ1v) is 16.6. The Labute approximate surface area is 265 Å². The number of hydrogen-bond acceptors (Lipinski definition) is 6. The van der Waals surface area contributed by atoms with Gasteiger partial charge in [-0.1, -0.05) is 77.6 Å². The second-order valence-electron chi connectivity index (χ2n) is 10.3. The molecule has 1 aromatic heterocycles. The van der Waals surface area contributed by atoms with E-state index in [0.717, 1.165) is 32.2 Å². The molecule has 0 N–H and O–H groups in total. The molecule has 2 aliphatic rings. The maximum Gasteiger partial charge on any atom is 0.172 e. The smallest absolute Gasteiger partial charge is 0.172 e. The molecular formula is C36H20ClNO2S3. The molecule has 3 heterocycles. The lowest BCUT2D eigenvalue weighted by molar-refractivity contribution is 0.360. The third-order valence-corrected chi connectivity index (χ3v) is 11.8. The molecule has 0 saturated carbocycles. The van der Waals surface area contributed by atoms with E-state index < -0.39 is 0 Å². The molecular weight excluding hydrogens is 610 g/mol. The number of thiophene rings is 1. The van der Waals surface area contributed by atoms with Crippen LogP contribution in [0.25, 0.3) is 20.2 Å². The van der Waals surface area contributed by atoms with Gasteiger partial charge in [0.25, 0.3) is 0 Å². The van der Waals surface area contributed by atoms with Crippen molar-refractivity contribution in [2.45, 2.75) is 19.6 Å². The van der Waals surface area contributed by atoms with E-state index in [1.54, 1.807) is 11.3 Å². The Kier molecular flexibility index (Phi) is 5.91. The number of para-hydroxylation sites is 2. The largest absolute Gasteiger partial charge is 0.450 e. The molecule has 0 unspecified atom stereocenters. The number of rotatable bonds is 3. The normalized spacial score (nSPS) is 13.0. The summed E-state index contributed by atoms with van der Waals surface area (Å²) in [6.07, 6.45) is 0. The molecule has 9 rings (SSSR count). The predicted molar refractivity (Wildman–Crippen MR) is 180 cm³/mol. The highest BCUT2D eigenvalue weighted by atomic mass is 35.5. The van der Waals surface area contributed by atoms with E-state index in [2.05, 4.69) is 89.8 Å². The Morgan fingerprint density at radius 1 is 0.488 bits per heavy atom. The van der Waals surface area contributed by atoms with E-state index in [1.807, 2.05) is 59.9 Å². The first-order chi connectivity index (χ1) is 21.2. The molecule has 0 amide bonds. The van der Waals surface area contributed by atoms with Crippen LogP contribution < -0.4 is 14.4 Å². The Morgan fingerprint density at radius 3 is 1.95 bits per heavy atom. The van der Waals surface area contributed by atoms with Crippen LogP contribution in [-0.2, 0) is 0 Å². The van der Waals surface area contributed by atoms with Crippen molar-refractivity contribution < 1.29 is 9.47 Å². The van der Waals surface area contributed by atoms with Crippen LogP contribution in [0.15, 0.2) is 141 Å². The highest BCUT2D eigenvalue weighted by Gasteiger charge is 2.24. The number of ether oxygens (including phenoxy) is 2. The van der Waals surface area contributed by atoms with Gasteiger partial charge in [0.2, 0.25) is 0 Å². The zero-order valence-electron chi connectivity index (χ0n) is 22.4. The van der Waals surface area contributed by atoms with Gasteiger partial charge in [0.1, 0.15) is 0 Å². The van der Waals surface area contributed by atoms with E-state index in [0.29, 0.717) is 23.0 Å². The second kappa shape index (κ2) is 10.00. The Morgan fingerprint density at radius 2 is 1.12 bits per heavy atom. The highest BCUT2D eigenvalue weighted by Crippen LogP contribution is 2.52. The van der Waals surface area contributed by atoms with Crippen molar-refractivity contribution in [2.24, 2.45) is 0 Å². The summed E-state index contributed by atoms with van der Waals surface area (Å²) >= 11 is 12.4. The second-order valence-corrected chi connectivity index (χ2v) is 13.9. The van der Waals surface area contributed by atoms with Crippen molar-refractivity contribution in [1.82, 2.24) is 0 Å². The minimum atomic E-state index is 0.672. The van der Waals surface area contributed by atoms with Crippen LogP contribution in [0.3, 0.4) is 0 Å². The zero-order chi connectivity index (χ0) is 28.5. The van der Waals surface area contributed by atoms with Crippen molar-refractivity contribution in [3.05, 3.63) is 126 Å². The number of anilines is 3. The summed E-state index contributed by atoms with van der Waals surface area (Å²) in [5.74, 6) is 2.78. The first-order valence-electron chi connectivity index (χ1n) is 13.8. The average Bonchev–Trinajstić information content (AvgIpc) is 3.42. The van der Waals surface area contributed by atoms with Crippen LogP contribution in [0.1, 0.15) is 0 Å². The standard InChI is InChI=1S/C36H20ClNO2S3/c37-26-18-23(17-25-24-7-1-4-10-31(24)43-36(25)26)38(21-13-15-29-30(19-21)40-28-9-3-2-8-27(28)39-29)22-14-16-34-35(20-22)42-33-12-6-5-11-32(33)41-34/h1-20H. The van der Waals surface area contributed by atoms with Crippen LogP contribution in [0.4, 0.5) is 17.1 Å². The van der Waals surface area contributed by atoms with E-state index in [9.17, 15) is 0 Å². The molecule has 3 nitrogen and oxygen atoms in total. The fourth-order valence-corrected chi connectivity index (χ4v) is 9.33. The number of fused-ring (bicyclic) bond motifs is 7. The number of hydrogen-bond donors (Lipinski definition) is 0. The maximum absolute atomic E-state index is 7.03. The summed E-state index contributed by atoms with van der Waals surface area (Å²) in [7, 11) is 0. The molecule has 2 aliphatic heterocycles. The predicted octanol–water partition coefficient (Wildman–Crippen LogP) is 12.7. The van der Waals surface area contributed by atoms with Gasteiger partial charge in [-0.15, -0.1) is 11.3 Å². The monoisotopic (exact) mass is 629 g/mol. The van der Waals surface area contributed by atoms with Gasteiger partial charge in [-0.2, -0.15) is 0 Å². The first kappa shape index (κ1) is 25.4. The fraction of sp³-hybridized carbons (Fsp3) is 0. The molecule has 0 atom stereocenters. The summed E-state index contributed by atoms with van der Waals surface area (Å²) in [6, 6.07) is 41.9. The average molecular weight is 630 g/mol. The molecule has 0 bridgehead atoms. The lowest BCUT2D eigenvalue weighted by Gasteiger charge is -2.29. The summed E-state index contributed by atoms with van der Waals surface area (Å²) in [5.41, 5.74) is 2.97. The highest BCUT2D eigenvalue weighted by molar-refractivity contribution is 8.05. The zero-order valence-corrected chi connectivity index (χ0v) is 25.6. The molecule has 6 aromatic carbocycles. The van der Waals surface area contributed by atoms with Crippen LogP contribution in [0.2, 0.25) is 5.02 Å².